The van der Waals surface area contributed by atoms with Crippen LogP contribution < -0.4 is 16.0 Å². The Balaban J connectivity index is 1.41. The Kier molecular flexibility index (Phi) is 7.44. The van der Waals surface area contributed by atoms with E-state index in [2.05, 4.69) is 56.9 Å². The van der Waals surface area contributed by atoms with Gasteiger partial charge >= 0.3 is 0 Å². The van der Waals surface area contributed by atoms with Gasteiger partial charge in [-0.05, 0) is 83.9 Å². The quantitative estimate of drug-likeness (QED) is 0.166. The molecule has 5 rings (SSSR count). The Morgan fingerprint density at radius 1 is 0.537 bits per heavy atom. The van der Waals surface area contributed by atoms with E-state index in [1.807, 2.05) is 36.4 Å². The Labute approximate surface area is 237 Å². The number of hydrogen-bond acceptors (Lipinski definition) is 9. The normalized spacial score (nSPS) is 10.7. The number of aromatic hydroxyl groups is 1. The second kappa shape index (κ2) is 11.4. The van der Waals surface area contributed by atoms with E-state index >= 15 is 0 Å². The van der Waals surface area contributed by atoms with Gasteiger partial charge in [0.1, 0.15) is 5.75 Å². The van der Waals surface area contributed by atoms with E-state index in [1.165, 1.54) is 0 Å². The second-order valence-electron chi connectivity index (χ2n) is 9.81. The molecule has 0 bridgehead atoms. The number of anilines is 6. The monoisotopic (exact) mass is 538 g/mol. The molecule has 1 heterocycles. The fraction of sp³-hybridized carbons (Fsp3) is 0.0938. The van der Waals surface area contributed by atoms with Gasteiger partial charge in [-0.1, -0.05) is 38.1 Å². The first kappa shape index (κ1) is 26.7. The summed E-state index contributed by atoms with van der Waals surface area (Å²) in [5.74, 6) is 1.15. The Hall–Kier alpha value is -5.93. The molecule has 0 aliphatic heterocycles. The highest BCUT2D eigenvalue weighted by Gasteiger charge is 2.23. The first-order valence-corrected chi connectivity index (χ1v) is 12.8. The summed E-state index contributed by atoms with van der Waals surface area (Å²) in [4.78, 5) is 13.6. The van der Waals surface area contributed by atoms with Crippen molar-refractivity contribution in [2.24, 2.45) is 0 Å². The molecule has 0 spiro atoms. The van der Waals surface area contributed by atoms with Gasteiger partial charge in [0.05, 0.1) is 23.3 Å². The summed E-state index contributed by atoms with van der Waals surface area (Å²) in [5, 5.41) is 37.4. The minimum Gasteiger partial charge on any atom is -0.508 e. The van der Waals surface area contributed by atoms with Gasteiger partial charge in [-0.3, -0.25) is 0 Å². The molecule has 4 aromatic carbocycles. The van der Waals surface area contributed by atoms with E-state index in [1.54, 1.807) is 60.7 Å². The third-order valence-electron chi connectivity index (χ3n) is 6.63. The number of phenols is 1. The standard InChI is InChI=1S/C32H26N8O/c1-32(2,24-9-17-28(41)18-10-24)23-7-15-27(16-8-23)37-31-39-29(35-25-11-3-21(19-33)4-12-25)38-30(40-31)36-26-13-5-22(20-34)6-14-26/h3-18,41H,1-2H3,(H3,35,36,37,38,39,40). The summed E-state index contributed by atoms with van der Waals surface area (Å²) >= 11 is 0. The molecule has 0 saturated heterocycles. The van der Waals surface area contributed by atoms with Crippen molar-refractivity contribution in [3.05, 3.63) is 119 Å². The molecule has 4 N–H and O–H groups in total. The lowest BCUT2D eigenvalue weighted by Crippen LogP contribution is -2.18. The molecule has 0 saturated carbocycles. The zero-order valence-corrected chi connectivity index (χ0v) is 22.4. The SMILES string of the molecule is CC(C)(c1ccc(O)cc1)c1ccc(Nc2nc(Nc3ccc(C#N)cc3)nc(Nc3ccc(C#N)cc3)n2)cc1. The lowest BCUT2D eigenvalue weighted by molar-refractivity contribution is 0.474. The molecule has 41 heavy (non-hydrogen) atoms. The molecule has 5 aromatic rings. The van der Waals surface area contributed by atoms with Gasteiger partial charge in [0.25, 0.3) is 0 Å². The summed E-state index contributed by atoms with van der Waals surface area (Å²) in [6, 6.07) is 33.4. The number of phenolic OH excluding ortho intramolecular Hbond substituents is 1. The van der Waals surface area contributed by atoms with E-state index in [-0.39, 0.29) is 11.2 Å². The van der Waals surface area contributed by atoms with Crippen LogP contribution >= 0.6 is 0 Å². The summed E-state index contributed by atoms with van der Waals surface area (Å²) in [5.41, 5.74) is 5.24. The molecule has 200 valence electrons. The van der Waals surface area contributed by atoms with Crippen molar-refractivity contribution in [2.75, 3.05) is 16.0 Å². The van der Waals surface area contributed by atoms with Gasteiger partial charge in [0.15, 0.2) is 0 Å². The van der Waals surface area contributed by atoms with E-state index in [9.17, 15) is 5.11 Å². The van der Waals surface area contributed by atoms with Crippen LogP contribution in [0.2, 0.25) is 0 Å². The van der Waals surface area contributed by atoms with E-state index in [0.29, 0.717) is 40.3 Å². The molecular formula is C32H26N8O. The van der Waals surface area contributed by atoms with Crippen LogP contribution in [0, 0.1) is 22.7 Å². The molecule has 0 atom stereocenters. The summed E-state index contributed by atoms with van der Waals surface area (Å²) in [7, 11) is 0. The smallest absolute Gasteiger partial charge is 0.233 e. The average molecular weight is 539 g/mol. The zero-order chi connectivity index (χ0) is 28.8. The Morgan fingerprint density at radius 3 is 1.20 bits per heavy atom. The number of nitrogens with one attached hydrogen (secondary N) is 3. The second-order valence-corrected chi connectivity index (χ2v) is 9.81. The molecule has 0 amide bonds. The fourth-order valence-corrected chi connectivity index (χ4v) is 4.20. The average Bonchev–Trinajstić information content (AvgIpc) is 2.98. The highest BCUT2D eigenvalue weighted by Crippen LogP contribution is 2.33. The van der Waals surface area contributed by atoms with Gasteiger partial charge in [0.2, 0.25) is 17.8 Å². The number of hydrogen-bond donors (Lipinski definition) is 4. The molecular weight excluding hydrogens is 512 g/mol. The molecule has 9 nitrogen and oxygen atoms in total. The van der Waals surface area contributed by atoms with Crippen molar-refractivity contribution in [1.82, 2.24) is 15.0 Å². The van der Waals surface area contributed by atoms with Crippen molar-refractivity contribution in [3.63, 3.8) is 0 Å². The van der Waals surface area contributed by atoms with E-state index in [0.717, 1.165) is 16.8 Å². The fourth-order valence-electron chi connectivity index (χ4n) is 4.20. The van der Waals surface area contributed by atoms with Gasteiger partial charge in [-0.15, -0.1) is 0 Å². The van der Waals surface area contributed by atoms with E-state index < -0.39 is 0 Å². The maximum atomic E-state index is 9.66. The number of rotatable bonds is 8. The van der Waals surface area contributed by atoms with Gasteiger partial charge in [-0.2, -0.15) is 25.5 Å². The summed E-state index contributed by atoms with van der Waals surface area (Å²) in [6.07, 6.45) is 0. The molecule has 0 aliphatic carbocycles. The zero-order valence-electron chi connectivity index (χ0n) is 22.4. The third kappa shape index (κ3) is 6.39. The molecule has 9 heteroatoms. The first-order valence-electron chi connectivity index (χ1n) is 12.8. The van der Waals surface area contributed by atoms with Gasteiger partial charge in [0, 0.05) is 22.5 Å². The lowest BCUT2D eigenvalue weighted by atomic mass is 9.78. The Bertz CT molecular complexity index is 1660. The van der Waals surface area contributed by atoms with Crippen LogP contribution in [0.1, 0.15) is 36.1 Å². The van der Waals surface area contributed by atoms with Gasteiger partial charge in [-0.25, -0.2) is 0 Å². The van der Waals surface area contributed by atoms with Crippen molar-refractivity contribution in [1.29, 1.82) is 10.5 Å². The Morgan fingerprint density at radius 2 is 0.854 bits per heavy atom. The summed E-state index contributed by atoms with van der Waals surface area (Å²) < 4.78 is 0. The number of nitrogens with zero attached hydrogens (tertiary/aromatic N) is 5. The van der Waals surface area contributed by atoms with Crippen molar-refractivity contribution < 1.29 is 5.11 Å². The molecule has 1 aromatic heterocycles. The van der Waals surface area contributed by atoms with Crippen molar-refractivity contribution in [3.8, 4) is 17.9 Å². The number of benzene rings is 4. The van der Waals surface area contributed by atoms with Gasteiger partial charge < -0.3 is 21.1 Å². The van der Waals surface area contributed by atoms with Crippen molar-refractivity contribution in [2.45, 2.75) is 19.3 Å². The molecule has 0 radical (unpaired) electrons. The van der Waals surface area contributed by atoms with E-state index in [4.69, 9.17) is 10.5 Å². The van der Waals surface area contributed by atoms with Crippen LogP contribution in [0.25, 0.3) is 0 Å². The lowest BCUT2D eigenvalue weighted by Gasteiger charge is -2.26. The largest absolute Gasteiger partial charge is 0.508 e. The maximum Gasteiger partial charge on any atom is 0.233 e. The number of nitriles is 2. The molecule has 0 aliphatic rings. The topological polar surface area (TPSA) is 143 Å². The van der Waals surface area contributed by atoms with Crippen LogP contribution in [0.5, 0.6) is 5.75 Å². The minimum absolute atomic E-state index is 0.238. The summed E-state index contributed by atoms with van der Waals surface area (Å²) in [6.45, 7) is 4.27. The highest BCUT2D eigenvalue weighted by atomic mass is 16.3. The highest BCUT2D eigenvalue weighted by molar-refractivity contribution is 5.63. The number of aromatic nitrogens is 3. The predicted molar refractivity (Wildman–Crippen MR) is 159 cm³/mol. The van der Waals surface area contributed by atoms with Crippen LogP contribution in [0.4, 0.5) is 34.9 Å². The predicted octanol–water partition coefficient (Wildman–Crippen LogP) is 6.88. The third-order valence-corrected chi connectivity index (χ3v) is 6.63. The maximum absolute atomic E-state index is 9.66. The van der Waals surface area contributed by atoms with Crippen molar-refractivity contribution >= 4 is 34.9 Å². The van der Waals surface area contributed by atoms with Crippen LogP contribution in [0.15, 0.2) is 97.1 Å². The molecule has 0 fully saturated rings. The van der Waals surface area contributed by atoms with Crippen LogP contribution in [-0.2, 0) is 5.41 Å². The van der Waals surface area contributed by atoms with Crippen LogP contribution in [0.3, 0.4) is 0 Å². The first-order chi connectivity index (χ1) is 19.8. The minimum atomic E-state index is -0.268. The molecule has 0 unspecified atom stereocenters. The van der Waals surface area contributed by atoms with Crippen LogP contribution in [-0.4, -0.2) is 20.1 Å².